The van der Waals surface area contributed by atoms with E-state index >= 15 is 0 Å². The minimum Gasteiger partial charge on any atom is -0.465 e. The fourth-order valence-corrected chi connectivity index (χ4v) is 3.51. The lowest BCUT2D eigenvalue weighted by Gasteiger charge is -2.23. The molecule has 0 aromatic heterocycles. The first-order valence-corrected chi connectivity index (χ1v) is 9.03. The van der Waals surface area contributed by atoms with Crippen LogP contribution in [0, 0.1) is 12.3 Å². The molecule has 2 aromatic rings. The maximum Gasteiger partial charge on any atom is 0.324 e. The van der Waals surface area contributed by atoms with Crippen LogP contribution in [0.1, 0.15) is 30.5 Å². The number of esters is 2. The number of carbonyl (C=O) groups is 2. The molecular weight excluding hydrogens is 328 g/mol. The standard InChI is InChI=1S/C22H24O4/c1-4-25-20(23)22(21(24)26-5-2)13-18-11-10-17(12-19(18)14-22)16-8-6-15(3)7-9-16/h6-12H,4-5,13-14H2,1-3H3. The third kappa shape index (κ3) is 3.24. The van der Waals surface area contributed by atoms with Crippen molar-refractivity contribution in [1.82, 2.24) is 0 Å². The minimum atomic E-state index is -1.26. The lowest BCUT2D eigenvalue weighted by molar-refractivity contribution is -0.171. The zero-order valence-corrected chi connectivity index (χ0v) is 15.5. The molecule has 0 bridgehead atoms. The molecule has 0 saturated carbocycles. The van der Waals surface area contributed by atoms with Crippen LogP contribution in [0.4, 0.5) is 0 Å². The summed E-state index contributed by atoms with van der Waals surface area (Å²) >= 11 is 0. The van der Waals surface area contributed by atoms with Gasteiger partial charge in [-0.2, -0.15) is 0 Å². The Balaban J connectivity index is 1.95. The van der Waals surface area contributed by atoms with E-state index in [9.17, 15) is 9.59 Å². The molecule has 3 rings (SSSR count). The van der Waals surface area contributed by atoms with Gasteiger partial charge in [-0.25, -0.2) is 0 Å². The molecule has 0 spiro atoms. The lowest BCUT2D eigenvalue weighted by Crippen LogP contribution is -2.43. The van der Waals surface area contributed by atoms with E-state index in [-0.39, 0.29) is 13.2 Å². The van der Waals surface area contributed by atoms with Crippen LogP contribution in [0.15, 0.2) is 42.5 Å². The summed E-state index contributed by atoms with van der Waals surface area (Å²) in [6.07, 6.45) is 0.647. The number of carbonyl (C=O) groups excluding carboxylic acids is 2. The molecule has 0 amide bonds. The van der Waals surface area contributed by atoms with Gasteiger partial charge in [0.2, 0.25) is 0 Å². The Labute approximate surface area is 154 Å². The van der Waals surface area contributed by atoms with E-state index < -0.39 is 17.4 Å². The van der Waals surface area contributed by atoms with Gasteiger partial charge in [0.25, 0.3) is 0 Å². The van der Waals surface area contributed by atoms with Crippen molar-refractivity contribution in [2.24, 2.45) is 5.41 Å². The molecule has 2 aromatic carbocycles. The van der Waals surface area contributed by atoms with Crippen LogP contribution in [0.5, 0.6) is 0 Å². The Hall–Kier alpha value is -2.62. The summed E-state index contributed by atoms with van der Waals surface area (Å²) in [5.41, 5.74) is 4.14. The number of hydrogen-bond acceptors (Lipinski definition) is 4. The zero-order chi connectivity index (χ0) is 18.7. The van der Waals surface area contributed by atoms with E-state index in [0.29, 0.717) is 12.8 Å². The van der Waals surface area contributed by atoms with E-state index in [2.05, 4.69) is 37.3 Å². The number of rotatable bonds is 5. The van der Waals surface area contributed by atoms with Gasteiger partial charge in [0.15, 0.2) is 5.41 Å². The smallest absolute Gasteiger partial charge is 0.324 e. The molecule has 0 radical (unpaired) electrons. The van der Waals surface area contributed by atoms with Crippen LogP contribution in [-0.4, -0.2) is 25.2 Å². The Bertz CT molecular complexity index is 803. The Morgan fingerprint density at radius 2 is 1.38 bits per heavy atom. The van der Waals surface area contributed by atoms with Gasteiger partial charge in [-0.15, -0.1) is 0 Å². The molecule has 0 saturated heterocycles. The highest BCUT2D eigenvalue weighted by Gasteiger charge is 2.52. The van der Waals surface area contributed by atoms with Gasteiger partial charge in [0.05, 0.1) is 13.2 Å². The van der Waals surface area contributed by atoms with Crippen molar-refractivity contribution in [2.45, 2.75) is 33.6 Å². The normalized spacial score (nSPS) is 14.6. The van der Waals surface area contributed by atoms with Gasteiger partial charge in [0, 0.05) is 0 Å². The average molecular weight is 352 g/mol. The molecule has 0 fully saturated rings. The predicted molar refractivity (Wildman–Crippen MR) is 99.7 cm³/mol. The van der Waals surface area contributed by atoms with Gasteiger partial charge in [-0.05, 0) is 55.9 Å². The van der Waals surface area contributed by atoms with E-state index in [1.54, 1.807) is 13.8 Å². The van der Waals surface area contributed by atoms with Gasteiger partial charge >= 0.3 is 11.9 Å². The van der Waals surface area contributed by atoms with E-state index in [0.717, 1.165) is 22.3 Å². The summed E-state index contributed by atoms with van der Waals surface area (Å²) in [5.74, 6) is -0.988. The van der Waals surface area contributed by atoms with E-state index in [4.69, 9.17) is 9.47 Å². The third-order valence-corrected chi connectivity index (χ3v) is 4.91. The largest absolute Gasteiger partial charge is 0.465 e. The van der Waals surface area contributed by atoms with Gasteiger partial charge < -0.3 is 9.47 Å². The van der Waals surface area contributed by atoms with Crippen molar-refractivity contribution in [3.05, 3.63) is 59.2 Å². The fraction of sp³-hybridized carbons (Fsp3) is 0.364. The molecule has 1 aliphatic carbocycles. The summed E-state index contributed by atoms with van der Waals surface area (Å²) < 4.78 is 10.4. The van der Waals surface area contributed by atoms with Crippen LogP contribution < -0.4 is 0 Å². The first-order valence-electron chi connectivity index (χ1n) is 9.03. The number of fused-ring (bicyclic) bond motifs is 1. The van der Waals surface area contributed by atoms with Gasteiger partial charge in [0.1, 0.15) is 0 Å². The molecule has 136 valence electrons. The first kappa shape index (κ1) is 18.2. The predicted octanol–water partition coefficient (Wildman–Crippen LogP) is 3.87. The van der Waals surface area contributed by atoms with Gasteiger partial charge in [-0.3, -0.25) is 9.59 Å². The SMILES string of the molecule is CCOC(=O)C1(C(=O)OCC)Cc2ccc(-c3ccc(C)cc3)cc2C1. The molecule has 0 atom stereocenters. The number of aryl methyl sites for hydroxylation is 1. The van der Waals surface area contributed by atoms with Gasteiger partial charge in [-0.1, -0.05) is 48.0 Å². The van der Waals surface area contributed by atoms with E-state index in [1.165, 1.54) is 5.56 Å². The maximum absolute atomic E-state index is 12.6. The summed E-state index contributed by atoms with van der Waals surface area (Å²) in [4.78, 5) is 25.2. The summed E-state index contributed by atoms with van der Waals surface area (Å²) in [5, 5.41) is 0. The van der Waals surface area contributed by atoms with Crippen molar-refractivity contribution in [2.75, 3.05) is 13.2 Å². The number of ether oxygens (including phenoxy) is 2. The summed E-state index contributed by atoms with van der Waals surface area (Å²) in [7, 11) is 0. The monoisotopic (exact) mass is 352 g/mol. The van der Waals surface area contributed by atoms with E-state index in [1.807, 2.05) is 12.1 Å². The van der Waals surface area contributed by atoms with Crippen LogP contribution in [0.25, 0.3) is 11.1 Å². The second-order valence-electron chi connectivity index (χ2n) is 6.73. The molecule has 0 heterocycles. The highest BCUT2D eigenvalue weighted by molar-refractivity contribution is 6.01. The number of benzene rings is 2. The van der Waals surface area contributed by atoms with Crippen molar-refractivity contribution < 1.29 is 19.1 Å². The average Bonchev–Trinajstić information content (AvgIpc) is 3.03. The second kappa shape index (κ2) is 7.32. The zero-order valence-electron chi connectivity index (χ0n) is 15.5. The van der Waals surface area contributed by atoms with Crippen LogP contribution in [0.3, 0.4) is 0 Å². The molecular formula is C22H24O4. The molecule has 1 aliphatic rings. The third-order valence-electron chi connectivity index (χ3n) is 4.91. The summed E-state index contributed by atoms with van der Waals surface area (Å²) in [6.45, 7) is 6.03. The quantitative estimate of drug-likeness (QED) is 0.605. The van der Waals surface area contributed by atoms with Crippen molar-refractivity contribution in [1.29, 1.82) is 0 Å². The minimum absolute atomic E-state index is 0.241. The highest BCUT2D eigenvalue weighted by Crippen LogP contribution is 2.41. The topological polar surface area (TPSA) is 52.6 Å². The lowest BCUT2D eigenvalue weighted by atomic mass is 9.84. The Kier molecular flexibility index (Phi) is 5.12. The highest BCUT2D eigenvalue weighted by atomic mass is 16.6. The van der Waals surface area contributed by atoms with Crippen LogP contribution >= 0.6 is 0 Å². The molecule has 26 heavy (non-hydrogen) atoms. The Morgan fingerprint density at radius 3 is 1.96 bits per heavy atom. The maximum atomic E-state index is 12.6. The van der Waals surface area contributed by atoms with Crippen LogP contribution in [-0.2, 0) is 31.9 Å². The molecule has 4 heteroatoms. The number of hydrogen-bond donors (Lipinski definition) is 0. The second-order valence-corrected chi connectivity index (χ2v) is 6.73. The first-order chi connectivity index (χ1) is 12.5. The van der Waals surface area contributed by atoms with Crippen molar-refractivity contribution >= 4 is 11.9 Å². The summed E-state index contributed by atoms with van der Waals surface area (Å²) in [6, 6.07) is 14.4. The molecule has 0 N–H and O–H groups in total. The van der Waals surface area contributed by atoms with Crippen molar-refractivity contribution in [3.8, 4) is 11.1 Å². The molecule has 4 nitrogen and oxygen atoms in total. The van der Waals surface area contributed by atoms with Crippen LogP contribution in [0.2, 0.25) is 0 Å². The fourth-order valence-electron chi connectivity index (χ4n) is 3.51. The molecule has 0 unspecified atom stereocenters. The molecule has 0 aliphatic heterocycles. The van der Waals surface area contributed by atoms with Crippen molar-refractivity contribution in [3.63, 3.8) is 0 Å². The Morgan fingerprint density at radius 1 is 0.846 bits per heavy atom.